The Morgan fingerprint density at radius 2 is 1.78 bits per heavy atom. The third kappa shape index (κ3) is 3.20. The molecule has 0 N–H and O–H groups in total. The molecule has 1 aromatic rings. The van der Waals surface area contributed by atoms with Crippen molar-refractivity contribution in [1.82, 2.24) is 0 Å². The van der Waals surface area contributed by atoms with Crippen molar-refractivity contribution in [2.24, 2.45) is 23.2 Å². The Kier molecular flexibility index (Phi) is 4.58. The van der Waals surface area contributed by atoms with Crippen molar-refractivity contribution >= 4 is 10.1 Å². The van der Waals surface area contributed by atoms with Gasteiger partial charge in [-0.3, -0.25) is 4.18 Å². The number of aryl methyl sites for hydroxylation is 1. The fourth-order valence-electron chi connectivity index (χ4n) is 4.52. The molecule has 3 nitrogen and oxygen atoms in total. The maximum Gasteiger partial charge on any atom is 0.296 e. The Morgan fingerprint density at radius 1 is 1.13 bits per heavy atom. The van der Waals surface area contributed by atoms with Gasteiger partial charge in [-0.05, 0) is 74.3 Å². The molecule has 0 radical (unpaired) electrons. The van der Waals surface area contributed by atoms with Crippen LogP contribution < -0.4 is 0 Å². The monoisotopic (exact) mass is 336 g/mol. The predicted octanol–water partition coefficient (Wildman–Crippen LogP) is 4.55. The lowest BCUT2D eigenvalue weighted by molar-refractivity contribution is -0.0681. The van der Waals surface area contributed by atoms with E-state index in [4.69, 9.17) is 4.18 Å². The molecule has 23 heavy (non-hydrogen) atoms. The van der Waals surface area contributed by atoms with E-state index in [1.807, 2.05) is 6.92 Å². The first-order valence-electron chi connectivity index (χ1n) is 8.79. The first-order chi connectivity index (χ1) is 10.8. The van der Waals surface area contributed by atoms with Crippen molar-refractivity contribution in [2.45, 2.75) is 57.8 Å². The summed E-state index contributed by atoms with van der Waals surface area (Å²) in [5.74, 6) is 2.27. The molecule has 2 aliphatic carbocycles. The van der Waals surface area contributed by atoms with Crippen molar-refractivity contribution in [3.05, 3.63) is 29.8 Å². The van der Waals surface area contributed by atoms with Crippen LogP contribution in [0.1, 0.15) is 51.5 Å². The van der Waals surface area contributed by atoms with E-state index >= 15 is 0 Å². The summed E-state index contributed by atoms with van der Waals surface area (Å²) in [6, 6.07) is 6.86. The Morgan fingerprint density at radius 3 is 2.39 bits per heavy atom. The van der Waals surface area contributed by atoms with Crippen molar-refractivity contribution in [1.29, 1.82) is 0 Å². The largest absolute Gasteiger partial charge is 0.296 e. The van der Waals surface area contributed by atoms with Gasteiger partial charge in [0.2, 0.25) is 0 Å². The van der Waals surface area contributed by atoms with E-state index in [0.717, 1.165) is 23.8 Å². The predicted molar refractivity (Wildman–Crippen MR) is 91.7 cm³/mol. The van der Waals surface area contributed by atoms with Crippen LogP contribution in [0.3, 0.4) is 0 Å². The van der Waals surface area contributed by atoms with Gasteiger partial charge < -0.3 is 0 Å². The molecule has 0 spiro atoms. The van der Waals surface area contributed by atoms with Crippen LogP contribution in [0.25, 0.3) is 0 Å². The number of hydrogen-bond acceptors (Lipinski definition) is 3. The SMILES string of the molecule is Cc1ccc(S(=O)(=O)OCCC2(C)C(C)CCC3CCC32)cc1. The summed E-state index contributed by atoms with van der Waals surface area (Å²) >= 11 is 0. The van der Waals surface area contributed by atoms with Gasteiger partial charge >= 0.3 is 0 Å². The molecule has 0 bridgehead atoms. The average Bonchev–Trinajstić information content (AvgIpc) is 2.45. The van der Waals surface area contributed by atoms with Gasteiger partial charge in [0.15, 0.2) is 0 Å². The summed E-state index contributed by atoms with van der Waals surface area (Å²) in [6.45, 7) is 6.90. The number of rotatable bonds is 5. The van der Waals surface area contributed by atoms with E-state index in [0.29, 0.717) is 12.5 Å². The zero-order valence-electron chi connectivity index (χ0n) is 14.4. The Hall–Kier alpha value is -0.870. The molecule has 4 atom stereocenters. The van der Waals surface area contributed by atoms with Gasteiger partial charge in [0.25, 0.3) is 10.1 Å². The molecule has 2 saturated carbocycles. The maximum atomic E-state index is 12.3. The average molecular weight is 336 g/mol. The highest BCUT2D eigenvalue weighted by Gasteiger charge is 2.50. The molecule has 0 aliphatic heterocycles. The minimum absolute atomic E-state index is 0.226. The van der Waals surface area contributed by atoms with Gasteiger partial charge in [-0.1, -0.05) is 31.5 Å². The number of fused-ring (bicyclic) bond motifs is 1. The smallest absolute Gasteiger partial charge is 0.266 e. The summed E-state index contributed by atoms with van der Waals surface area (Å²) in [7, 11) is -3.64. The molecular weight excluding hydrogens is 308 g/mol. The molecular formula is C19H28O3S. The van der Waals surface area contributed by atoms with Gasteiger partial charge in [0, 0.05) is 0 Å². The minimum Gasteiger partial charge on any atom is -0.266 e. The second kappa shape index (κ2) is 6.21. The molecule has 0 amide bonds. The summed E-state index contributed by atoms with van der Waals surface area (Å²) in [4.78, 5) is 0.256. The standard InChI is InChI=1S/C19H28O3S/c1-14-4-9-17(10-5-14)23(20,21)22-13-12-19(3)15(2)6-7-16-8-11-18(16)19/h4-5,9-10,15-16,18H,6-8,11-13H2,1-3H3. The third-order valence-corrected chi connectivity index (χ3v) is 7.88. The second-order valence-electron chi connectivity index (χ2n) is 7.77. The van der Waals surface area contributed by atoms with Crippen LogP contribution in [0.2, 0.25) is 0 Å². The zero-order valence-corrected chi connectivity index (χ0v) is 15.2. The summed E-state index contributed by atoms with van der Waals surface area (Å²) in [5.41, 5.74) is 1.27. The number of benzene rings is 1. The van der Waals surface area contributed by atoms with Crippen LogP contribution in [0.4, 0.5) is 0 Å². The van der Waals surface area contributed by atoms with E-state index in [9.17, 15) is 8.42 Å². The lowest BCUT2D eigenvalue weighted by Gasteiger charge is -2.56. The molecule has 2 fully saturated rings. The van der Waals surface area contributed by atoms with E-state index in [1.165, 1.54) is 25.7 Å². The quantitative estimate of drug-likeness (QED) is 0.741. The van der Waals surface area contributed by atoms with Gasteiger partial charge in [0.1, 0.15) is 0 Å². The molecule has 2 aliphatic rings. The lowest BCUT2D eigenvalue weighted by atomic mass is 9.49. The van der Waals surface area contributed by atoms with E-state index in [1.54, 1.807) is 24.3 Å². The fourth-order valence-corrected chi connectivity index (χ4v) is 5.43. The molecule has 4 heteroatoms. The maximum absolute atomic E-state index is 12.3. The second-order valence-corrected chi connectivity index (χ2v) is 9.38. The van der Waals surface area contributed by atoms with Crippen molar-refractivity contribution in [2.75, 3.05) is 6.61 Å². The summed E-state index contributed by atoms with van der Waals surface area (Å²) in [6.07, 6.45) is 6.11. The van der Waals surface area contributed by atoms with E-state index < -0.39 is 10.1 Å². The highest BCUT2D eigenvalue weighted by atomic mass is 32.2. The van der Waals surface area contributed by atoms with Gasteiger partial charge in [-0.2, -0.15) is 8.42 Å². The molecule has 4 unspecified atom stereocenters. The molecule has 128 valence electrons. The molecule has 1 aromatic carbocycles. The molecule has 0 saturated heterocycles. The minimum atomic E-state index is -3.64. The zero-order chi connectivity index (χ0) is 16.7. The van der Waals surface area contributed by atoms with Gasteiger partial charge in [-0.15, -0.1) is 0 Å². The van der Waals surface area contributed by atoms with Crippen molar-refractivity contribution in [3.8, 4) is 0 Å². The Labute approximate surface area is 140 Å². The van der Waals surface area contributed by atoms with Crippen LogP contribution in [0.15, 0.2) is 29.2 Å². The van der Waals surface area contributed by atoms with E-state index in [-0.39, 0.29) is 10.3 Å². The first-order valence-corrected chi connectivity index (χ1v) is 10.2. The third-order valence-electron chi connectivity index (χ3n) is 6.55. The van der Waals surface area contributed by atoms with Crippen LogP contribution in [-0.4, -0.2) is 15.0 Å². The van der Waals surface area contributed by atoms with E-state index in [2.05, 4.69) is 13.8 Å². The first kappa shape index (κ1) is 17.0. The van der Waals surface area contributed by atoms with Crippen molar-refractivity contribution < 1.29 is 12.6 Å². The van der Waals surface area contributed by atoms with Crippen LogP contribution in [-0.2, 0) is 14.3 Å². The molecule has 3 rings (SSSR count). The topological polar surface area (TPSA) is 43.4 Å². The van der Waals surface area contributed by atoms with Gasteiger partial charge in [0.05, 0.1) is 11.5 Å². The summed E-state index contributed by atoms with van der Waals surface area (Å²) < 4.78 is 30.0. The lowest BCUT2D eigenvalue weighted by Crippen LogP contribution is -2.48. The van der Waals surface area contributed by atoms with Crippen LogP contribution in [0, 0.1) is 30.1 Å². The van der Waals surface area contributed by atoms with Crippen LogP contribution >= 0.6 is 0 Å². The Balaban J connectivity index is 1.63. The Bertz CT molecular complexity index is 650. The summed E-state index contributed by atoms with van der Waals surface area (Å²) in [5, 5.41) is 0. The normalized spacial score (nSPS) is 33.8. The highest BCUT2D eigenvalue weighted by molar-refractivity contribution is 7.86. The fraction of sp³-hybridized carbons (Fsp3) is 0.684. The van der Waals surface area contributed by atoms with Crippen molar-refractivity contribution in [3.63, 3.8) is 0 Å². The van der Waals surface area contributed by atoms with Gasteiger partial charge in [-0.25, -0.2) is 0 Å². The highest BCUT2D eigenvalue weighted by Crippen LogP contribution is 2.58. The number of hydrogen-bond donors (Lipinski definition) is 0. The molecule has 0 aromatic heterocycles. The van der Waals surface area contributed by atoms with Crippen LogP contribution in [0.5, 0.6) is 0 Å². The molecule has 0 heterocycles.